The fourth-order valence-electron chi connectivity index (χ4n) is 3.86. The Morgan fingerprint density at radius 2 is 2.00 bits per heavy atom. The van der Waals surface area contributed by atoms with Gasteiger partial charge in [-0.05, 0) is 42.7 Å². The third-order valence-corrected chi connectivity index (χ3v) is 6.49. The number of hydrogen-bond donors (Lipinski definition) is 1. The van der Waals surface area contributed by atoms with E-state index in [0.29, 0.717) is 12.6 Å². The van der Waals surface area contributed by atoms with Gasteiger partial charge in [0, 0.05) is 30.7 Å². The maximum Gasteiger partial charge on any atom is 0.226 e. The van der Waals surface area contributed by atoms with Crippen LogP contribution in [0.25, 0.3) is 10.8 Å². The van der Waals surface area contributed by atoms with E-state index in [4.69, 9.17) is 4.42 Å². The van der Waals surface area contributed by atoms with E-state index >= 15 is 0 Å². The van der Waals surface area contributed by atoms with Gasteiger partial charge in [0.15, 0.2) is 10.8 Å². The van der Waals surface area contributed by atoms with Crippen molar-refractivity contribution in [1.82, 2.24) is 10.3 Å². The molecule has 0 aliphatic heterocycles. The lowest BCUT2D eigenvalue weighted by Gasteiger charge is -2.33. The Labute approximate surface area is 175 Å². The molecule has 2 heterocycles. The minimum absolute atomic E-state index is 0.0234. The Kier molecular flexibility index (Phi) is 6.30. The number of carbonyl (C=O) groups is 1. The Morgan fingerprint density at radius 1 is 1.21 bits per heavy atom. The fourth-order valence-corrected chi connectivity index (χ4v) is 4.64. The van der Waals surface area contributed by atoms with Crippen LogP contribution in [0, 0.1) is 0 Å². The summed E-state index contributed by atoms with van der Waals surface area (Å²) >= 11 is 1.49. The second-order valence-electron chi connectivity index (χ2n) is 7.64. The molecule has 1 N–H and O–H groups in total. The molecule has 1 aromatic carbocycles. The van der Waals surface area contributed by atoms with E-state index in [1.807, 2.05) is 17.5 Å². The topological polar surface area (TPSA) is 58.4 Å². The first-order valence-electron chi connectivity index (χ1n) is 10.3. The lowest BCUT2D eigenvalue weighted by atomic mass is 9.94. The van der Waals surface area contributed by atoms with Gasteiger partial charge in [-0.2, -0.15) is 0 Å². The minimum Gasteiger partial charge on any atom is -0.462 e. The highest BCUT2D eigenvalue weighted by Gasteiger charge is 2.18. The van der Waals surface area contributed by atoms with Crippen molar-refractivity contribution in [3.8, 4) is 10.8 Å². The van der Waals surface area contributed by atoms with Gasteiger partial charge in [-0.3, -0.25) is 4.79 Å². The first-order chi connectivity index (χ1) is 14.2. The van der Waals surface area contributed by atoms with Crippen LogP contribution in [0.5, 0.6) is 0 Å². The highest BCUT2D eigenvalue weighted by atomic mass is 32.1. The number of amides is 1. The van der Waals surface area contributed by atoms with E-state index in [1.54, 1.807) is 6.26 Å². The summed E-state index contributed by atoms with van der Waals surface area (Å²) in [6.45, 7) is 0.529. The number of furan rings is 1. The first-order valence-corrected chi connectivity index (χ1v) is 11.1. The molecule has 1 fully saturated rings. The molecule has 4 rings (SSSR count). The second-order valence-corrected chi connectivity index (χ2v) is 8.50. The Hall–Kier alpha value is -2.60. The number of rotatable bonds is 7. The van der Waals surface area contributed by atoms with Crippen molar-refractivity contribution in [3.63, 3.8) is 0 Å². The molecule has 0 spiro atoms. The molecular weight excluding hydrogens is 382 g/mol. The molecule has 0 bridgehead atoms. The highest BCUT2D eigenvalue weighted by Crippen LogP contribution is 2.26. The zero-order valence-electron chi connectivity index (χ0n) is 16.8. The molecule has 6 heteroatoms. The van der Waals surface area contributed by atoms with Crippen molar-refractivity contribution < 1.29 is 9.21 Å². The maximum atomic E-state index is 12.3. The number of nitrogens with one attached hydrogen (secondary N) is 1. The zero-order valence-corrected chi connectivity index (χ0v) is 17.6. The van der Waals surface area contributed by atoms with Crippen molar-refractivity contribution in [2.45, 2.75) is 51.1 Å². The average Bonchev–Trinajstić information content (AvgIpc) is 3.45. The van der Waals surface area contributed by atoms with E-state index in [1.165, 1.54) is 49.1 Å². The molecule has 2 aromatic heterocycles. The van der Waals surface area contributed by atoms with Crippen LogP contribution < -0.4 is 10.2 Å². The molecule has 1 aliphatic rings. The van der Waals surface area contributed by atoms with Gasteiger partial charge in [-0.1, -0.05) is 31.4 Å². The van der Waals surface area contributed by atoms with Crippen LogP contribution >= 0.6 is 11.3 Å². The monoisotopic (exact) mass is 409 g/mol. The number of hydrogen-bond acceptors (Lipinski definition) is 5. The third kappa shape index (κ3) is 5.07. The normalized spacial score (nSPS) is 14.7. The Bertz CT molecular complexity index is 912. The van der Waals surface area contributed by atoms with E-state index in [0.717, 1.165) is 22.0 Å². The predicted molar refractivity (Wildman–Crippen MR) is 117 cm³/mol. The van der Waals surface area contributed by atoms with Crippen molar-refractivity contribution >= 4 is 22.9 Å². The number of nitrogens with zero attached hydrogens (tertiary/aromatic N) is 2. The quantitative estimate of drug-likeness (QED) is 0.594. The summed E-state index contributed by atoms with van der Waals surface area (Å²) in [7, 11) is 2.19. The molecule has 1 saturated carbocycles. The van der Waals surface area contributed by atoms with Crippen molar-refractivity contribution in [2.24, 2.45) is 0 Å². The van der Waals surface area contributed by atoms with Crippen LogP contribution in [0.3, 0.4) is 0 Å². The third-order valence-electron chi connectivity index (χ3n) is 5.58. The van der Waals surface area contributed by atoms with Gasteiger partial charge in [0.2, 0.25) is 5.91 Å². The van der Waals surface area contributed by atoms with Crippen LogP contribution in [0.15, 0.2) is 52.5 Å². The average molecular weight is 410 g/mol. The summed E-state index contributed by atoms with van der Waals surface area (Å²) in [6.07, 6.45) is 8.51. The molecule has 5 nitrogen and oxygen atoms in total. The summed E-state index contributed by atoms with van der Waals surface area (Å²) in [5, 5.41) is 5.70. The zero-order chi connectivity index (χ0) is 20.1. The largest absolute Gasteiger partial charge is 0.462 e. The van der Waals surface area contributed by atoms with E-state index in [-0.39, 0.29) is 12.3 Å². The van der Waals surface area contributed by atoms with Gasteiger partial charge < -0.3 is 14.6 Å². The lowest BCUT2D eigenvalue weighted by molar-refractivity contribution is -0.120. The SMILES string of the molecule is CN(c1ccc(CNC(=O)Cc2csc(-c3ccco3)n2)cc1)C1CCCCC1. The maximum absolute atomic E-state index is 12.3. The Balaban J connectivity index is 1.27. The van der Waals surface area contributed by atoms with Crippen molar-refractivity contribution in [3.05, 3.63) is 59.3 Å². The summed E-state index contributed by atoms with van der Waals surface area (Å²) in [4.78, 5) is 19.2. The number of anilines is 1. The van der Waals surface area contributed by atoms with Gasteiger partial charge in [0.05, 0.1) is 18.4 Å². The van der Waals surface area contributed by atoms with Crippen LogP contribution in [-0.4, -0.2) is 24.0 Å². The fraction of sp³-hybridized carbons (Fsp3) is 0.391. The summed E-state index contributed by atoms with van der Waals surface area (Å²) in [6, 6.07) is 12.9. The van der Waals surface area contributed by atoms with Crippen LogP contribution in [0.1, 0.15) is 43.4 Å². The lowest BCUT2D eigenvalue weighted by Crippen LogP contribution is -2.33. The van der Waals surface area contributed by atoms with Crippen molar-refractivity contribution in [1.29, 1.82) is 0 Å². The smallest absolute Gasteiger partial charge is 0.226 e. The minimum atomic E-state index is -0.0234. The molecule has 152 valence electrons. The van der Waals surface area contributed by atoms with Crippen molar-refractivity contribution in [2.75, 3.05) is 11.9 Å². The molecule has 0 atom stereocenters. The number of carbonyl (C=O) groups excluding carboxylic acids is 1. The highest BCUT2D eigenvalue weighted by molar-refractivity contribution is 7.13. The van der Waals surface area contributed by atoms with Gasteiger partial charge in [-0.25, -0.2) is 4.98 Å². The Morgan fingerprint density at radius 3 is 2.72 bits per heavy atom. The summed E-state index contributed by atoms with van der Waals surface area (Å²) < 4.78 is 5.35. The van der Waals surface area contributed by atoms with Gasteiger partial charge in [-0.15, -0.1) is 11.3 Å². The van der Waals surface area contributed by atoms with Gasteiger partial charge >= 0.3 is 0 Å². The van der Waals surface area contributed by atoms with E-state index in [2.05, 4.69) is 46.5 Å². The first kappa shape index (κ1) is 19.7. The van der Waals surface area contributed by atoms with Crippen LogP contribution in [0.4, 0.5) is 5.69 Å². The molecule has 3 aromatic rings. The molecular formula is C23H27N3O2S. The second kappa shape index (κ2) is 9.27. The van der Waals surface area contributed by atoms with Crippen LogP contribution in [-0.2, 0) is 17.8 Å². The molecule has 29 heavy (non-hydrogen) atoms. The summed E-state index contributed by atoms with van der Waals surface area (Å²) in [5.41, 5.74) is 3.12. The van der Waals surface area contributed by atoms with Gasteiger partial charge in [0.1, 0.15) is 0 Å². The standard InChI is InChI=1S/C23H27N3O2S/c1-26(19-6-3-2-4-7-19)20-11-9-17(10-12-20)15-24-22(27)14-18-16-29-23(25-18)21-8-5-13-28-21/h5,8-13,16,19H,2-4,6-7,14-15H2,1H3,(H,24,27). The molecule has 1 aliphatic carbocycles. The summed E-state index contributed by atoms with van der Waals surface area (Å²) in [5.74, 6) is 0.713. The van der Waals surface area contributed by atoms with Gasteiger partial charge in [0.25, 0.3) is 0 Å². The molecule has 0 radical (unpaired) electrons. The number of thiazole rings is 1. The predicted octanol–water partition coefficient (Wildman–Crippen LogP) is 5.03. The van der Waals surface area contributed by atoms with E-state index < -0.39 is 0 Å². The van der Waals surface area contributed by atoms with E-state index in [9.17, 15) is 4.79 Å². The molecule has 0 unspecified atom stereocenters. The number of aromatic nitrogens is 1. The molecule has 1 amide bonds. The van der Waals surface area contributed by atoms with Crippen LogP contribution in [0.2, 0.25) is 0 Å². The molecule has 0 saturated heterocycles. The number of benzene rings is 1.